The molecule has 0 N–H and O–H groups in total. The van der Waals surface area contributed by atoms with E-state index < -0.39 is 8.07 Å². The monoisotopic (exact) mass is 190 g/mol. The molecule has 0 spiro atoms. The zero-order chi connectivity index (χ0) is 8.74. The molecule has 0 aliphatic heterocycles. The van der Waals surface area contributed by atoms with Crippen LogP contribution in [0.1, 0.15) is 20.8 Å². The zero-order valence-electron chi connectivity index (χ0n) is 7.86. The van der Waals surface area contributed by atoms with Crippen molar-refractivity contribution in [3.63, 3.8) is 0 Å². The number of halogens is 1. The van der Waals surface area contributed by atoms with Gasteiger partial charge in [-0.2, -0.15) is 0 Å². The topological polar surface area (TPSA) is 0 Å². The summed E-state index contributed by atoms with van der Waals surface area (Å²) in [6, 6.07) is 5.43. The van der Waals surface area contributed by atoms with Gasteiger partial charge in [0.25, 0.3) is 0 Å². The summed E-state index contributed by atoms with van der Waals surface area (Å²) in [5, 5.41) is 0. The Kier molecular flexibility index (Phi) is 5.97. The lowest BCUT2D eigenvalue weighted by atomic mass is 10.7. The predicted octanol–water partition coefficient (Wildman–Crippen LogP) is 4.25. The molecule has 0 aromatic heterocycles. The third kappa shape index (κ3) is 3.43. The van der Waals surface area contributed by atoms with Gasteiger partial charge in [0.15, 0.2) is 0 Å². The van der Waals surface area contributed by atoms with E-state index in [1.165, 1.54) is 24.2 Å². The highest BCUT2D eigenvalue weighted by Crippen LogP contribution is 2.25. The van der Waals surface area contributed by atoms with E-state index in [-0.39, 0.29) is 0 Å². The van der Waals surface area contributed by atoms with Crippen LogP contribution >= 0.6 is 11.6 Å². The zero-order valence-corrected chi connectivity index (χ0v) is 9.62. The minimum Gasteiger partial charge on any atom is -0.0933 e. The summed E-state index contributed by atoms with van der Waals surface area (Å²) in [4.78, 5) is 0. The summed E-state index contributed by atoms with van der Waals surface area (Å²) in [5.41, 5.74) is 1.67. The Morgan fingerprint density at radius 2 is 1.55 bits per heavy atom. The van der Waals surface area contributed by atoms with Crippen LogP contribution in [0.2, 0.25) is 24.2 Å². The van der Waals surface area contributed by atoms with Crippen LogP contribution in [0.3, 0.4) is 0 Å². The van der Waals surface area contributed by atoms with E-state index in [9.17, 15) is 0 Å². The van der Waals surface area contributed by atoms with E-state index in [1.807, 2.05) is 0 Å². The van der Waals surface area contributed by atoms with Gasteiger partial charge in [-0.1, -0.05) is 56.6 Å². The van der Waals surface area contributed by atoms with E-state index in [0.29, 0.717) is 0 Å². The fourth-order valence-corrected chi connectivity index (χ4v) is 4.70. The summed E-state index contributed by atoms with van der Waals surface area (Å²) in [6.07, 6.45) is 2.13. The second-order valence-electron chi connectivity index (χ2n) is 3.13. The molecule has 0 heterocycles. The van der Waals surface area contributed by atoms with Crippen molar-refractivity contribution in [2.24, 2.45) is 0 Å². The molecule has 0 atom stereocenters. The molecule has 0 aromatic rings. The third-order valence-corrected chi connectivity index (χ3v) is 8.67. The second kappa shape index (κ2) is 5.84. The van der Waals surface area contributed by atoms with Gasteiger partial charge in [-0.05, 0) is 11.6 Å². The highest BCUT2D eigenvalue weighted by atomic mass is 35.5. The second-order valence-corrected chi connectivity index (χ2v) is 8.91. The van der Waals surface area contributed by atoms with Crippen molar-refractivity contribution in [2.45, 2.75) is 44.9 Å². The first-order valence-corrected chi connectivity index (χ1v) is 7.76. The third-order valence-electron chi connectivity index (χ3n) is 2.89. The summed E-state index contributed by atoms with van der Waals surface area (Å²) in [7, 11) is -0.910. The van der Waals surface area contributed by atoms with E-state index in [0.717, 1.165) is 0 Å². The van der Waals surface area contributed by atoms with Crippen molar-refractivity contribution in [2.75, 3.05) is 0 Å². The number of hydrogen-bond acceptors (Lipinski definition) is 0. The molecular weight excluding hydrogens is 172 g/mol. The van der Waals surface area contributed by atoms with Crippen molar-refractivity contribution in [1.29, 1.82) is 0 Å². The van der Waals surface area contributed by atoms with Crippen LogP contribution in [0, 0.1) is 0 Å². The lowest BCUT2D eigenvalue weighted by Crippen LogP contribution is -2.29. The molecule has 0 amide bonds. The molecule has 0 saturated carbocycles. The first kappa shape index (κ1) is 11.2. The average molecular weight is 191 g/mol. The quantitative estimate of drug-likeness (QED) is 0.569. The van der Waals surface area contributed by atoms with Crippen LogP contribution in [0.4, 0.5) is 0 Å². The Balaban J connectivity index is 4.04. The molecule has 2 heteroatoms. The molecule has 0 saturated heterocycles. The normalized spacial score (nSPS) is 12.7. The molecule has 0 aliphatic rings. The fourth-order valence-electron chi connectivity index (χ4n) is 1.48. The summed E-state index contributed by atoms with van der Waals surface area (Å²) >= 11 is 5.52. The largest absolute Gasteiger partial charge is 0.0933 e. The van der Waals surface area contributed by atoms with Gasteiger partial charge in [0.05, 0.1) is 8.07 Å². The summed E-state index contributed by atoms with van der Waals surface area (Å²) in [5.74, 6) is 0. The predicted molar refractivity (Wildman–Crippen MR) is 57.0 cm³/mol. The molecule has 0 bridgehead atoms. The summed E-state index contributed by atoms with van der Waals surface area (Å²) < 4.78 is 0. The SMILES string of the molecule is CC[Si](CC)(CC)CC=CCl. The maximum atomic E-state index is 5.52. The minimum atomic E-state index is -0.910. The van der Waals surface area contributed by atoms with Crippen molar-refractivity contribution < 1.29 is 0 Å². The lowest BCUT2D eigenvalue weighted by Gasteiger charge is -2.26. The molecule has 0 nitrogen and oxygen atoms in total. The molecule has 0 aromatic carbocycles. The van der Waals surface area contributed by atoms with E-state index >= 15 is 0 Å². The van der Waals surface area contributed by atoms with Crippen LogP contribution < -0.4 is 0 Å². The maximum absolute atomic E-state index is 5.52. The van der Waals surface area contributed by atoms with Gasteiger partial charge in [-0.15, -0.1) is 0 Å². The van der Waals surface area contributed by atoms with Crippen molar-refractivity contribution in [3.05, 3.63) is 11.6 Å². The van der Waals surface area contributed by atoms with Crippen molar-refractivity contribution in [3.8, 4) is 0 Å². The number of allylic oxidation sites excluding steroid dienone is 1. The number of rotatable bonds is 5. The smallest absolute Gasteiger partial charge is 0.0565 e. The van der Waals surface area contributed by atoms with Gasteiger partial charge in [0.1, 0.15) is 0 Å². The van der Waals surface area contributed by atoms with Gasteiger partial charge in [-0.3, -0.25) is 0 Å². The Morgan fingerprint density at radius 3 is 1.82 bits per heavy atom. The lowest BCUT2D eigenvalue weighted by molar-refractivity contribution is 1.14. The Hall–Kier alpha value is 0.247. The first-order valence-electron chi connectivity index (χ1n) is 4.50. The molecule has 66 valence electrons. The van der Waals surface area contributed by atoms with E-state index in [1.54, 1.807) is 5.54 Å². The highest BCUT2D eigenvalue weighted by Gasteiger charge is 2.24. The van der Waals surface area contributed by atoms with E-state index in [2.05, 4.69) is 26.8 Å². The van der Waals surface area contributed by atoms with Gasteiger partial charge in [0.2, 0.25) is 0 Å². The maximum Gasteiger partial charge on any atom is 0.0565 e. The standard InChI is InChI=1S/C9H19ClSi/c1-4-11(5-2,6-3)9-7-8-10/h7-8H,4-6,9H2,1-3H3. The van der Waals surface area contributed by atoms with Gasteiger partial charge >= 0.3 is 0 Å². The van der Waals surface area contributed by atoms with Gasteiger partial charge < -0.3 is 0 Å². The Labute approximate surface area is 76.7 Å². The number of hydrogen-bond donors (Lipinski definition) is 0. The van der Waals surface area contributed by atoms with Crippen molar-refractivity contribution in [1.82, 2.24) is 0 Å². The molecule has 0 radical (unpaired) electrons. The molecule has 11 heavy (non-hydrogen) atoms. The van der Waals surface area contributed by atoms with Crippen LogP contribution in [0.15, 0.2) is 11.6 Å². The van der Waals surface area contributed by atoms with Crippen LogP contribution in [-0.4, -0.2) is 8.07 Å². The van der Waals surface area contributed by atoms with Crippen LogP contribution in [0.25, 0.3) is 0 Å². The van der Waals surface area contributed by atoms with Crippen molar-refractivity contribution >= 4 is 19.7 Å². The van der Waals surface area contributed by atoms with Gasteiger partial charge in [-0.25, -0.2) is 0 Å². The molecule has 0 unspecified atom stereocenters. The first-order chi connectivity index (χ1) is 5.24. The fraction of sp³-hybridized carbons (Fsp3) is 0.778. The van der Waals surface area contributed by atoms with E-state index in [4.69, 9.17) is 11.6 Å². The highest BCUT2D eigenvalue weighted by molar-refractivity contribution is 6.80. The van der Waals surface area contributed by atoms with Crippen LogP contribution in [-0.2, 0) is 0 Å². The Morgan fingerprint density at radius 1 is 1.09 bits per heavy atom. The summed E-state index contributed by atoms with van der Waals surface area (Å²) in [6.45, 7) is 6.96. The van der Waals surface area contributed by atoms with Crippen LogP contribution in [0.5, 0.6) is 0 Å². The molecule has 0 rings (SSSR count). The molecule has 0 aliphatic carbocycles. The molecule has 0 fully saturated rings. The average Bonchev–Trinajstić information content (AvgIpc) is 2.08. The molecular formula is C9H19ClSi. The Bertz CT molecular complexity index is 108. The minimum absolute atomic E-state index is 0.910. The van der Waals surface area contributed by atoms with Gasteiger partial charge in [0, 0.05) is 0 Å².